The lowest BCUT2D eigenvalue weighted by Crippen LogP contribution is -2.37. The van der Waals surface area contributed by atoms with Crippen LogP contribution in [0.5, 0.6) is 5.75 Å². The number of carbonyl (C=O) groups is 1. The summed E-state index contributed by atoms with van der Waals surface area (Å²) < 4.78 is 35.0. The fourth-order valence-corrected chi connectivity index (χ4v) is 4.21. The van der Waals surface area contributed by atoms with Gasteiger partial charge in [0.05, 0.1) is 28.7 Å². The maximum atomic E-state index is 13.4. The van der Waals surface area contributed by atoms with Gasteiger partial charge in [-0.3, -0.25) is 4.79 Å². The van der Waals surface area contributed by atoms with E-state index in [4.69, 9.17) is 21.1 Å². The third-order valence-corrected chi connectivity index (χ3v) is 6.33. The van der Waals surface area contributed by atoms with E-state index in [9.17, 15) is 13.2 Å². The average molecular weight is 438 g/mol. The van der Waals surface area contributed by atoms with Crippen molar-refractivity contribution in [2.75, 3.05) is 26.5 Å². The molecule has 1 heterocycles. The van der Waals surface area contributed by atoms with E-state index in [2.05, 4.69) is 0 Å². The van der Waals surface area contributed by atoms with Crippen molar-refractivity contribution in [1.29, 1.82) is 0 Å². The maximum absolute atomic E-state index is 13.4. The molecule has 29 heavy (non-hydrogen) atoms. The highest BCUT2D eigenvalue weighted by Crippen LogP contribution is 2.26. The van der Waals surface area contributed by atoms with Gasteiger partial charge in [0.2, 0.25) is 0 Å². The van der Waals surface area contributed by atoms with Crippen LogP contribution >= 0.6 is 11.6 Å². The van der Waals surface area contributed by atoms with Crippen LogP contribution in [0.1, 0.15) is 28.8 Å². The van der Waals surface area contributed by atoms with Crippen molar-refractivity contribution in [2.24, 2.45) is 0 Å². The third-order valence-electron chi connectivity index (χ3n) is 4.89. The first kappa shape index (κ1) is 21.6. The van der Waals surface area contributed by atoms with E-state index >= 15 is 0 Å². The first-order chi connectivity index (χ1) is 13.8. The Labute approximate surface area is 176 Å². The highest BCUT2D eigenvalue weighted by molar-refractivity contribution is 7.90. The van der Waals surface area contributed by atoms with Crippen LogP contribution in [0.3, 0.4) is 0 Å². The highest BCUT2D eigenvalue weighted by atomic mass is 35.5. The molecule has 0 spiro atoms. The monoisotopic (exact) mass is 437 g/mol. The first-order valence-corrected chi connectivity index (χ1v) is 11.6. The lowest BCUT2D eigenvalue weighted by atomic mass is 10.1. The molecule has 1 aliphatic rings. The summed E-state index contributed by atoms with van der Waals surface area (Å²) in [7, 11) is -1.89. The second kappa shape index (κ2) is 9.15. The van der Waals surface area contributed by atoms with Gasteiger partial charge in [-0.25, -0.2) is 8.42 Å². The van der Waals surface area contributed by atoms with Crippen LogP contribution in [0.2, 0.25) is 5.02 Å². The molecule has 1 aliphatic heterocycles. The molecule has 0 bridgehead atoms. The summed E-state index contributed by atoms with van der Waals surface area (Å²) in [4.78, 5) is 15.1. The van der Waals surface area contributed by atoms with Crippen molar-refractivity contribution >= 4 is 27.3 Å². The minimum atomic E-state index is -3.47. The zero-order chi connectivity index (χ0) is 21.0. The zero-order valence-corrected chi connectivity index (χ0v) is 18.0. The number of para-hydroxylation sites is 1. The zero-order valence-electron chi connectivity index (χ0n) is 16.4. The van der Waals surface area contributed by atoms with Gasteiger partial charge in [0.1, 0.15) is 5.75 Å². The van der Waals surface area contributed by atoms with Gasteiger partial charge in [-0.05, 0) is 37.1 Å². The predicted octanol–water partition coefficient (Wildman–Crippen LogP) is 3.57. The molecule has 1 fully saturated rings. The van der Waals surface area contributed by atoms with Crippen LogP contribution in [-0.2, 0) is 21.1 Å². The molecule has 2 aromatic rings. The van der Waals surface area contributed by atoms with Crippen LogP contribution < -0.4 is 4.74 Å². The highest BCUT2D eigenvalue weighted by Gasteiger charge is 2.26. The normalized spacial score (nSPS) is 16.6. The van der Waals surface area contributed by atoms with Crippen molar-refractivity contribution in [2.45, 2.75) is 30.4 Å². The number of benzene rings is 2. The molecule has 2 aromatic carbocycles. The first-order valence-electron chi connectivity index (χ1n) is 9.32. The molecule has 0 aromatic heterocycles. The minimum absolute atomic E-state index is 0.0552. The number of hydrogen-bond donors (Lipinski definition) is 0. The predicted molar refractivity (Wildman–Crippen MR) is 111 cm³/mol. The van der Waals surface area contributed by atoms with Gasteiger partial charge in [-0.1, -0.05) is 29.8 Å². The molecule has 1 unspecified atom stereocenters. The van der Waals surface area contributed by atoms with Crippen LogP contribution in [0.25, 0.3) is 0 Å². The summed E-state index contributed by atoms with van der Waals surface area (Å²) in [5, 5.41) is 0.208. The van der Waals surface area contributed by atoms with Crippen LogP contribution in [0, 0.1) is 0 Å². The number of nitrogens with zero attached hydrogens (tertiary/aromatic N) is 1. The second-order valence-corrected chi connectivity index (χ2v) is 9.47. The van der Waals surface area contributed by atoms with Gasteiger partial charge in [-0.2, -0.15) is 0 Å². The van der Waals surface area contributed by atoms with Crippen LogP contribution in [-0.4, -0.2) is 51.8 Å². The maximum Gasteiger partial charge on any atom is 0.255 e. The van der Waals surface area contributed by atoms with Crippen molar-refractivity contribution in [3.8, 4) is 5.75 Å². The summed E-state index contributed by atoms with van der Waals surface area (Å²) in [5.74, 6) is 0.329. The summed E-state index contributed by atoms with van der Waals surface area (Å²) >= 11 is 6.27. The van der Waals surface area contributed by atoms with Crippen molar-refractivity contribution in [3.05, 3.63) is 58.6 Å². The van der Waals surface area contributed by atoms with E-state index in [1.807, 2.05) is 24.3 Å². The number of hydrogen-bond acceptors (Lipinski definition) is 5. The van der Waals surface area contributed by atoms with E-state index in [1.54, 1.807) is 12.0 Å². The number of halogens is 1. The molecule has 3 rings (SSSR count). The smallest absolute Gasteiger partial charge is 0.255 e. The lowest BCUT2D eigenvalue weighted by molar-refractivity contribution is 0.0505. The van der Waals surface area contributed by atoms with E-state index < -0.39 is 9.84 Å². The van der Waals surface area contributed by atoms with Gasteiger partial charge in [0.15, 0.2) is 9.84 Å². The Morgan fingerprint density at radius 1 is 1.28 bits per heavy atom. The Balaban J connectivity index is 1.96. The van der Waals surface area contributed by atoms with E-state index in [0.717, 1.165) is 24.7 Å². The molecule has 1 amide bonds. The van der Waals surface area contributed by atoms with Gasteiger partial charge >= 0.3 is 0 Å². The molecular formula is C21H24ClNO5S. The summed E-state index contributed by atoms with van der Waals surface area (Å²) in [5.41, 5.74) is 0.999. The summed E-state index contributed by atoms with van der Waals surface area (Å²) in [6.45, 7) is 1.35. The Bertz CT molecular complexity index is 986. The number of ether oxygens (including phenoxy) is 2. The quantitative estimate of drug-likeness (QED) is 0.662. The Morgan fingerprint density at radius 3 is 2.69 bits per heavy atom. The number of sulfone groups is 1. The fraction of sp³-hybridized carbons (Fsp3) is 0.381. The Hall–Kier alpha value is -2.09. The Morgan fingerprint density at radius 2 is 2.03 bits per heavy atom. The van der Waals surface area contributed by atoms with Crippen molar-refractivity contribution < 1.29 is 22.7 Å². The van der Waals surface area contributed by atoms with E-state index in [0.29, 0.717) is 25.4 Å². The molecule has 0 saturated carbocycles. The van der Waals surface area contributed by atoms with E-state index in [1.165, 1.54) is 18.2 Å². The summed E-state index contributed by atoms with van der Waals surface area (Å²) in [6.07, 6.45) is 2.85. The van der Waals surface area contributed by atoms with Crippen LogP contribution in [0.15, 0.2) is 47.4 Å². The van der Waals surface area contributed by atoms with Gasteiger partial charge in [0.25, 0.3) is 5.91 Å². The van der Waals surface area contributed by atoms with Crippen LogP contribution in [0.4, 0.5) is 0 Å². The topological polar surface area (TPSA) is 72.9 Å². The third kappa shape index (κ3) is 5.29. The fourth-order valence-electron chi connectivity index (χ4n) is 3.36. The minimum Gasteiger partial charge on any atom is -0.496 e. The number of carbonyl (C=O) groups excluding carboxylic acids is 1. The van der Waals surface area contributed by atoms with Crippen molar-refractivity contribution in [3.63, 3.8) is 0 Å². The van der Waals surface area contributed by atoms with E-state index in [-0.39, 0.29) is 27.5 Å². The van der Waals surface area contributed by atoms with Gasteiger partial charge < -0.3 is 14.4 Å². The molecule has 0 aliphatic carbocycles. The average Bonchev–Trinajstić information content (AvgIpc) is 3.20. The summed E-state index contributed by atoms with van der Waals surface area (Å²) in [6, 6.07) is 11.7. The Kier molecular flexibility index (Phi) is 6.82. The second-order valence-electron chi connectivity index (χ2n) is 7.05. The molecule has 156 valence electrons. The number of amides is 1. The molecule has 8 heteroatoms. The largest absolute Gasteiger partial charge is 0.496 e. The van der Waals surface area contributed by atoms with Gasteiger partial charge in [0, 0.05) is 31.5 Å². The molecule has 0 radical (unpaired) electrons. The van der Waals surface area contributed by atoms with Gasteiger partial charge in [-0.15, -0.1) is 0 Å². The van der Waals surface area contributed by atoms with Crippen molar-refractivity contribution in [1.82, 2.24) is 4.90 Å². The standard InChI is InChI=1S/C21H24ClNO5S/c1-27-20-8-4-3-6-15(20)13-23(14-16-7-5-11-28-16)21(24)18-12-17(29(2,25)26)9-10-19(18)22/h3-4,6,8-10,12,16H,5,7,11,13-14H2,1-2H3. The molecule has 6 nitrogen and oxygen atoms in total. The molecule has 0 N–H and O–H groups in total. The molecular weight excluding hydrogens is 414 g/mol. The lowest BCUT2D eigenvalue weighted by Gasteiger charge is -2.27. The molecule has 1 atom stereocenters. The SMILES string of the molecule is COc1ccccc1CN(CC1CCCO1)C(=O)c1cc(S(C)(=O)=O)ccc1Cl. The number of methoxy groups -OCH3 is 1. The number of rotatable bonds is 7. The molecule has 1 saturated heterocycles.